The number of H-pyrrole nitrogens is 1. The molecule has 0 fully saturated rings. The fraction of sp³-hybridized carbons (Fsp3) is 0.778. The molecule has 0 aromatic carbocycles. The second-order valence-corrected chi connectivity index (χ2v) is 3.68. The summed E-state index contributed by atoms with van der Waals surface area (Å²) in [5.41, 5.74) is 0. The maximum absolute atomic E-state index is 5.06. The highest BCUT2D eigenvalue weighted by Crippen LogP contribution is 1.94. The maximum atomic E-state index is 5.06. The summed E-state index contributed by atoms with van der Waals surface area (Å²) in [6.07, 6.45) is 2.95. The summed E-state index contributed by atoms with van der Waals surface area (Å²) < 4.78 is 2.67. The number of aromatic nitrogens is 3. The van der Waals surface area contributed by atoms with E-state index in [0.29, 0.717) is 4.77 Å². The van der Waals surface area contributed by atoms with Gasteiger partial charge in [-0.15, -0.1) is 0 Å². The Hall–Kier alpha value is -0.680. The van der Waals surface area contributed by atoms with Crippen molar-refractivity contribution in [3.8, 4) is 0 Å². The molecule has 0 aliphatic heterocycles. The second-order valence-electron chi connectivity index (χ2n) is 3.29. The van der Waals surface area contributed by atoms with Gasteiger partial charge in [-0.1, -0.05) is 13.8 Å². The molecule has 0 bridgehead atoms. The predicted molar refractivity (Wildman–Crippen MR) is 59.8 cm³/mol. The van der Waals surface area contributed by atoms with Crippen molar-refractivity contribution in [1.82, 2.24) is 19.7 Å². The molecule has 1 aromatic heterocycles. The van der Waals surface area contributed by atoms with Gasteiger partial charge in [0.1, 0.15) is 6.33 Å². The smallest absolute Gasteiger partial charge is 0.194 e. The normalized spacial score (nSPS) is 11.1. The fourth-order valence-electron chi connectivity index (χ4n) is 1.42. The minimum Gasteiger partial charge on any atom is -0.305 e. The molecule has 0 amide bonds. The third-order valence-corrected chi connectivity index (χ3v) is 2.59. The first-order valence-corrected chi connectivity index (χ1v) is 5.51. The first kappa shape index (κ1) is 11.4. The van der Waals surface area contributed by atoms with Crippen molar-refractivity contribution in [3.63, 3.8) is 0 Å². The predicted octanol–water partition coefficient (Wildman–Crippen LogP) is 1.67. The van der Waals surface area contributed by atoms with Gasteiger partial charge in [0.15, 0.2) is 4.77 Å². The molecule has 1 N–H and O–H groups in total. The molecule has 0 aliphatic carbocycles. The molecule has 1 rings (SSSR count). The third-order valence-electron chi connectivity index (χ3n) is 2.26. The summed E-state index contributed by atoms with van der Waals surface area (Å²) in [6, 6.07) is 0. The van der Waals surface area contributed by atoms with E-state index in [-0.39, 0.29) is 0 Å². The molecule has 1 heterocycles. The number of nitrogens with zero attached hydrogens (tertiary/aromatic N) is 3. The van der Waals surface area contributed by atoms with E-state index in [2.05, 4.69) is 28.9 Å². The number of rotatable bonds is 6. The Balaban J connectivity index is 2.39. The fourth-order valence-corrected chi connectivity index (χ4v) is 1.61. The van der Waals surface area contributed by atoms with Gasteiger partial charge in [0.2, 0.25) is 0 Å². The Kier molecular flexibility index (Phi) is 4.82. The van der Waals surface area contributed by atoms with Crippen molar-refractivity contribution in [3.05, 3.63) is 11.1 Å². The van der Waals surface area contributed by atoms with Crippen LogP contribution in [0.2, 0.25) is 0 Å². The Bertz CT molecular complexity index is 304. The van der Waals surface area contributed by atoms with Crippen LogP contribution in [0.1, 0.15) is 20.3 Å². The van der Waals surface area contributed by atoms with Crippen molar-refractivity contribution >= 4 is 12.2 Å². The van der Waals surface area contributed by atoms with Gasteiger partial charge in [-0.25, -0.2) is 0 Å². The Labute approximate surface area is 89.9 Å². The lowest BCUT2D eigenvalue weighted by molar-refractivity contribution is 0.276. The summed E-state index contributed by atoms with van der Waals surface area (Å²) >= 11 is 5.06. The SMILES string of the molecule is CCCN(CC)CCn1cn[nH]c1=S. The van der Waals surface area contributed by atoms with Crippen LogP contribution in [0.3, 0.4) is 0 Å². The molecule has 4 nitrogen and oxygen atoms in total. The Morgan fingerprint density at radius 3 is 2.79 bits per heavy atom. The second kappa shape index (κ2) is 5.93. The summed E-state index contributed by atoms with van der Waals surface area (Å²) in [5.74, 6) is 0. The van der Waals surface area contributed by atoms with Crippen LogP contribution in [-0.2, 0) is 6.54 Å². The third kappa shape index (κ3) is 3.23. The zero-order chi connectivity index (χ0) is 10.4. The van der Waals surface area contributed by atoms with E-state index in [1.807, 2.05) is 4.57 Å². The van der Waals surface area contributed by atoms with Crippen LogP contribution in [0.5, 0.6) is 0 Å². The van der Waals surface area contributed by atoms with E-state index in [0.717, 1.165) is 26.2 Å². The van der Waals surface area contributed by atoms with Crippen molar-refractivity contribution in [2.45, 2.75) is 26.8 Å². The van der Waals surface area contributed by atoms with Crippen molar-refractivity contribution in [1.29, 1.82) is 0 Å². The molecule has 0 spiro atoms. The number of aromatic amines is 1. The van der Waals surface area contributed by atoms with Gasteiger partial charge in [-0.05, 0) is 31.7 Å². The first-order chi connectivity index (χ1) is 6.77. The average Bonchev–Trinajstić information content (AvgIpc) is 2.59. The molecule has 0 aliphatic rings. The van der Waals surface area contributed by atoms with Crippen LogP contribution in [0, 0.1) is 4.77 Å². The van der Waals surface area contributed by atoms with Crippen LogP contribution in [0.15, 0.2) is 6.33 Å². The Morgan fingerprint density at radius 1 is 1.50 bits per heavy atom. The molecular formula is C9H18N4S. The lowest BCUT2D eigenvalue weighted by Gasteiger charge is -2.19. The van der Waals surface area contributed by atoms with Gasteiger partial charge >= 0.3 is 0 Å². The molecule has 0 saturated heterocycles. The highest BCUT2D eigenvalue weighted by Gasteiger charge is 2.01. The highest BCUT2D eigenvalue weighted by molar-refractivity contribution is 7.71. The zero-order valence-corrected chi connectivity index (χ0v) is 9.68. The number of nitrogens with one attached hydrogen (secondary N) is 1. The molecule has 5 heteroatoms. The number of likely N-dealkylation sites (N-methyl/N-ethyl adjacent to an activating group) is 1. The summed E-state index contributed by atoms with van der Waals surface area (Å²) in [7, 11) is 0. The van der Waals surface area contributed by atoms with Gasteiger partial charge in [0, 0.05) is 13.1 Å². The van der Waals surface area contributed by atoms with Crippen LogP contribution >= 0.6 is 12.2 Å². The van der Waals surface area contributed by atoms with E-state index in [4.69, 9.17) is 12.2 Å². The molecule has 1 aromatic rings. The lowest BCUT2D eigenvalue weighted by Crippen LogP contribution is -2.28. The van der Waals surface area contributed by atoms with Gasteiger partial charge in [-0.2, -0.15) is 5.10 Å². The monoisotopic (exact) mass is 214 g/mol. The summed E-state index contributed by atoms with van der Waals surface area (Å²) in [5, 5.41) is 6.64. The van der Waals surface area contributed by atoms with Gasteiger partial charge in [0.25, 0.3) is 0 Å². The van der Waals surface area contributed by atoms with Gasteiger partial charge in [-0.3, -0.25) is 5.10 Å². The Morgan fingerprint density at radius 2 is 2.29 bits per heavy atom. The number of hydrogen-bond acceptors (Lipinski definition) is 3. The molecular weight excluding hydrogens is 196 g/mol. The van der Waals surface area contributed by atoms with Crippen LogP contribution in [0.25, 0.3) is 0 Å². The molecule has 0 atom stereocenters. The standard InChI is InChI=1S/C9H18N4S/c1-3-5-12(4-2)6-7-13-8-10-11-9(13)14/h8H,3-7H2,1-2H3,(H,11,14). The molecule has 0 saturated carbocycles. The molecule has 0 unspecified atom stereocenters. The van der Waals surface area contributed by atoms with Crippen LogP contribution < -0.4 is 0 Å². The van der Waals surface area contributed by atoms with E-state index in [1.165, 1.54) is 6.42 Å². The molecule has 80 valence electrons. The summed E-state index contributed by atoms with van der Waals surface area (Å²) in [6.45, 7) is 8.60. The summed E-state index contributed by atoms with van der Waals surface area (Å²) in [4.78, 5) is 2.41. The minimum absolute atomic E-state index is 0.706. The van der Waals surface area contributed by atoms with Crippen molar-refractivity contribution in [2.75, 3.05) is 19.6 Å². The van der Waals surface area contributed by atoms with Crippen LogP contribution in [0.4, 0.5) is 0 Å². The average molecular weight is 214 g/mol. The van der Waals surface area contributed by atoms with Gasteiger partial charge in [0.05, 0.1) is 0 Å². The number of hydrogen-bond donors (Lipinski definition) is 1. The molecule has 0 radical (unpaired) electrons. The topological polar surface area (TPSA) is 36.9 Å². The maximum Gasteiger partial charge on any atom is 0.194 e. The largest absolute Gasteiger partial charge is 0.305 e. The van der Waals surface area contributed by atoms with Gasteiger partial charge < -0.3 is 9.47 Å². The quantitative estimate of drug-likeness (QED) is 0.732. The first-order valence-electron chi connectivity index (χ1n) is 5.10. The molecule has 14 heavy (non-hydrogen) atoms. The van der Waals surface area contributed by atoms with E-state index >= 15 is 0 Å². The lowest BCUT2D eigenvalue weighted by atomic mass is 10.4. The van der Waals surface area contributed by atoms with Crippen molar-refractivity contribution in [2.24, 2.45) is 0 Å². The van der Waals surface area contributed by atoms with Crippen LogP contribution in [-0.4, -0.2) is 39.3 Å². The zero-order valence-electron chi connectivity index (χ0n) is 8.86. The minimum atomic E-state index is 0.706. The van der Waals surface area contributed by atoms with E-state index < -0.39 is 0 Å². The van der Waals surface area contributed by atoms with Crippen molar-refractivity contribution < 1.29 is 0 Å². The highest BCUT2D eigenvalue weighted by atomic mass is 32.1. The van der Waals surface area contributed by atoms with E-state index in [9.17, 15) is 0 Å². The van der Waals surface area contributed by atoms with E-state index in [1.54, 1.807) is 6.33 Å².